The molecule has 0 saturated heterocycles. The first-order valence-electron chi connectivity index (χ1n) is 18.9. The van der Waals surface area contributed by atoms with E-state index in [-0.39, 0.29) is 0 Å². The summed E-state index contributed by atoms with van der Waals surface area (Å²) in [7, 11) is 0. The lowest BCUT2D eigenvalue weighted by atomic mass is 9.91. The van der Waals surface area contributed by atoms with Crippen LogP contribution in [0.15, 0.2) is 182 Å². The molecule has 56 heavy (non-hydrogen) atoms. The second-order valence-electron chi connectivity index (χ2n) is 14.7. The Morgan fingerprint density at radius 3 is 1.50 bits per heavy atom. The van der Waals surface area contributed by atoms with Crippen LogP contribution in [0.1, 0.15) is 0 Å². The smallest absolute Gasteiger partial charge is 0.0972 e. The maximum absolute atomic E-state index is 5.26. The van der Waals surface area contributed by atoms with Gasteiger partial charge in [-0.25, -0.2) is 15.0 Å². The Morgan fingerprint density at radius 1 is 0.304 bits per heavy atom. The Morgan fingerprint density at radius 2 is 0.786 bits per heavy atom. The maximum atomic E-state index is 5.26. The molecule has 0 aliphatic rings. The number of hydrogen-bond donors (Lipinski definition) is 0. The minimum absolute atomic E-state index is 0.920. The average Bonchev–Trinajstić information content (AvgIpc) is 3.27. The van der Waals surface area contributed by atoms with Crippen LogP contribution in [0.25, 0.3) is 121 Å². The van der Waals surface area contributed by atoms with Gasteiger partial charge in [0, 0.05) is 44.4 Å². The molecular weight excluding hydrogens is 681 g/mol. The first-order valence-corrected chi connectivity index (χ1v) is 18.9. The molecule has 4 aromatic heterocycles. The highest BCUT2D eigenvalue weighted by atomic mass is 14.8. The monoisotopic (exact) mass is 710 g/mol. The fourth-order valence-electron chi connectivity index (χ4n) is 8.56. The third kappa shape index (κ3) is 4.86. The third-order valence-electron chi connectivity index (χ3n) is 11.4. The van der Waals surface area contributed by atoms with E-state index in [2.05, 4.69) is 175 Å². The molecule has 0 spiro atoms. The van der Waals surface area contributed by atoms with Crippen LogP contribution in [-0.4, -0.2) is 19.9 Å². The van der Waals surface area contributed by atoms with Crippen molar-refractivity contribution in [3.63, 3.8) is 0 Å². The molecule has 0 radical (unpaired) electrons. The Hall–Kier alpha value is -7.56. The summed E-state index contributed by atoms with van der Waals surface area (Å²) < 4.78 is 0. The summed E-state index contributed by atoms with van der Waals surface area (Å²) in [6.45, 7) is 0. The van der Waals surface area contributed by atoms with E-state index in [0.717, 1.165) is 88.5 Å². The molecule has 0 fully saturated rings. The third-order valence-corrected chi connectivity index (χ3v) is 11.4. The predicted molar refractivity (Wildman–Crippen MR) is 233 cm³/mol. The largest absolute Gasteiger partial charge is 0.254 e. The molecule has 12 rings (SSSR count). The van der Waals surface area contributed by atoms with Gasteiger partial charge in [0.25, 0.3) is 0 Å². The molecule has 4 heterocycles. The van der Waals surface area contributed by atoms with Gasteiger partial charge in [-0.1, -0.05) is 140 Å². The van der Waals surface area contributed by atoms with Crippen LogP contribution in [0.4, 0.5) is 0 Å². The van der Waals surface area contributed by atoms with Crippen molar-refractivity contribution in [1.82, 2.24) is 19.9 Å². The molecule has 258 valence electrons. The summed E-state index contributed by atoms with van der Waals surface area (Å²) in [6.07, 6.45) is 1.83. The van der Waals surface area contributed by atoms with Gasteiger partial charge in [-0.2, -0.15) is 0 Å². The zero-order chi connectivity index (χ0) is 36.7. The highest BCUT2D eigenvalue weighted by molar-refractivity contribution is 6.25. The van der Waals surface area contributed by atoms with Crippen molar-refractivity contribution in [3.8, 4) is 44.9 Å². The van der Waals surface area contributed by atoms with E-state index in [1.54, 1.807) is 0 Å². The molecule has 0 aliphatic carbocycles. The summed E-state index contributed by atoms with van der Waals surface area (Å²) in [6, 6.07) is 62.6. The molecule has 0 amide bonds. The Balaban J connectivity index is 0.882. The Bertz CT molecular complexity index is 3520. The summed E-state index contributed by atoms with van der Waals surface area (Å²) in [5.74, 6) is 0. The van der Waals surface area contributed by atoms with E-state index in [0.29, 0.717) is 0 Å². The zero-order valence-electron chi connectivity index (χ0n) is 30.1. The SMILES string of the molecule is c1cnc2c(c1)ccc1ccc(-c3ccc(-c4ccc5ccc(-c6ccc7ccc(-c8ccc9ccc%10cccc%11ccc8c9c%10%11)nc7c6)cc5n4)cc3)nc12. The highest BCUT2D eigenvalue weighted by Crippen LogP contribution is 2.39. The van der Waals surface area contributed by atoms with Crippen LogP contribution in [-0.2, 0) is 0 Å². The normalized spacial score (nSPS) is 11.9. The quantitative estimate of drug-likeness (QED) is 0.171. The number of hydrogen-bond acceptors (Lipinski definition) is 4. The van der Waals surface area contributed by atoms with Gasteiger partial charge in [0.2, 0.25) is 0 Å². The number of nitrogens with zero attached hydrogens (tertiary/aromatic N) is 4. The molecule has 0 bridgehead atoms. The van der Waals surface area contributed by atoms with Crippen LogP contribution in [0.5, 0.6) is 0 Å². The molecule has 0 atom stereocenters. The van der Waals surface area contributed by atoms with E-state index in [1.165, 1.54) is 32.3 Å². The second-order valence-corrected chi connectivity index (χ2v) is 14.7. The molecule has 0 aliphatic heterocycles. The number of pyridine rings is 4. The van der Waals surface area contributed by atoms with E-state index in [1.807, 2.05) is 12.3 Å². The lowest BCUT2D eigenvalue weighted by molar-refractivity contribution is 1.36. The maximum Gasteiger partial charge on any atom is 0.0972 e. The minimum Gasteiger partial charge on any atom is -0.254 e. The first-order chi connectivity index (χ1) is 27.7. The van der Waals surface area contributed by atoms with Gasteiger partial charge in [0.1, 0.15) is 0 Å². The van der Waals surface area contributed by atoms with Gasteiger partial charge < -0.3 is 0 Å². The van der Waals surface area contributed by atoms with Crippen molar-refractivity contribution in [2.24, 2.45) is 0 Å². The van der Waals surface area contributed by atoms with Gasteiger partial charge >= 0.3 is 0 Å². The topological polar surface area (TPSA) is 51.6 Å². The van der Waals surface area contributed by atoms with E-state index < -0.39 is 0 Å². The minimum atomic E-state index is 0.920. The fourth-order valence-corrected chi connectivity index (χ4v) is 8.56. The molecule has 0 saturated carbocycles. The molecule has 8 aromatic carbocycles. The first kappa shape index (κ1) is 30.9. The van der Waals surface area contributed by atoms with Crippen LogP contribution < -0.4 is 0 Å². The van der Waals surface area contributed by atoms with Gasteiger partial charge in [-0.3, -0.25) is 4.98 Å². The fraction of sp³-hybridized carbons (Fsp3) is 0. The number of benzene rings is 8. The van der Waals surface area contributed by atoms with E-state index in [9.17, 15) is 0 Å². The summed E-state index contributed by atoms with van der Waals surface area (Å²) >= 11 is 0. The molecule has 12 aromatic rings. The van der Waals surface area contributed by atoms with Gasteiger partial charge in [0.05, 0.1) is 39.1 Å². The van der Waals surface area contributed by atoms with Crippen LogP contribution in [0.2, 0.25) is 0 Å². The van der Waals surface area contributed by atoms with Crippen LogP contribution in [0.3, 0.4) is 0 Å². The average molecular weight is 711 g/mol. The Labute approximate surface area is 321 Å². The van der Waals surface area contributed by atoms with Crippen molar-refractivity contribution in [3.05, 3.63) is 182 Å². The zero-order valence-corrected chi connectivity index (χ0v) is 30.1. The summed E-state index contributed by atoms with van der Waals surface area (Å²) in [5, 5.41) is 12.0. The van der Waals surface area contributed by atoms with Crippen LogP contribution >= 0.6 is 0 Å². The number of rotatable bonds is 4. The molecule has 4 heteroatoms. The summed E-state index contributed by atoms with van der Waals surface area (Å²) in [4.78, 5) is 20.1. The van der Waals surface area contributed by atoms with Gasteiger partial charge in [0.15, 0.2) is 0 Å². The van der Waals surface area contributed by atoms with Gasteiger partial charge in [-0.05, 0) is 79.8 Å². The highest BCUT2D eigenvalue weighted by Gasteiger charge is 2.14. The van der Waals surface area contributed by atoms with Gasteiger partial charge in [-0.15, -0.1) is 0 Å². The number of aromatic nitrogens is 4. The van der Waals surface area contributed by atoms with Crippen molar-refractivity contribution in [2.45, 2.75) is 0 Å². The van der Waals surface area contributed by atoms with E-state index >= 15 is 0 Å². The lowest BCUT2D eigenvalue weighted by Gasteiger charge is -2.14. The van der Waals surface area contributed by atoms with Crippen molar-refractivity contribution in [2.75, 3.05) is 0 Å². The molecule has 0 N–H and O–H groups in total. The van der Waals surface area contributed by atoms with E-state index in [4.69, 9.17) is 15.0 Å². The van der Waals surface area contributed by atoms with Crippen molar-refractivity contribution in [1.29, 1.82) is 0 Å². The second kappa shape index (κ2) is 12.0. The number of fused-ring (bicyclic) bond motifs is 5. The predicted octanol–water partition coefficient (Wildman–Crippen LogP) is 13.4. The van der Waals surface area contributed by atoms with Crippen molar-refractivity contribution < 1.29 is 0 Å². The molecule has 4 nitrogen and oxygen atoms in total. The lowest BCUT2D eigenvalue weighted by Crippen LogP contribution is -1.91. The standard InChI is InChI=1S/C52H30N4/c1-3-35-12-13-37-18-23-42(43-24-19-36(4-1)49(35)50(37)43)46-27-21-34-11-17-41(30-48(34)55-46)40-16-10-33-20-25-44(54-47(33)29-40)31-6-8-32(9-7-31)45-26-22-39-15-14-38-5-2-28-53-51(38)52(39)56-45/h1-30H. The summed E-state index contributed by atoms with van der Waals surface area (Å²) in [5.41, 5.74) is 12.1. The Kier molecular flexibility index (Phi) is 6.60. The molecule has 0 unspecified atom stereocenters. The van der Waals surface area contributed by atoms with Crippen LogP contribution in [0, 0.1) is 0 Å². The molecular formula is C52H30N4. The van der Waals surface area contributed by atoms with Crippen molar-refractivity contribution >= 4 is 75.9 Å².